The van der Waals surface area contributed by atoms with E-state index in [2.05, 4.69) is 0 Å². The highest BCUT2D eigenvalue weighted by Crippen LogP contribution is 2.28. The summed E-state index contributed by atoms with van der Waals surface area (Å²) in [4.78, 5) is 11.3. The summed E-state index contributed by atoms with van der Waals surface area (Å²) >= 11 is 11.7. The molecule has 98 valence electrons. The molecule has 0 radical (unpaired) electrons. The molecule has 19 heavy (non-hydrogen) atoms. The third-order valence-corrected chi connectivity index (χ3v) is 2.85. The molecule has 2 rings (SSSR count). The Morgan fingerprint density at radius 1 is 1.05 bits per heavy atom. The summed E-state index contributed by atoms with van der Waals surface area (Å²) in [5.41, 5.74) is 0.547. The van der Waals surface area contributed by atoms with Crippen LogP contribution in [-0.2, 0) is 4.79 Å². The van der Waals surface area contributed by atoms with E-state index in [4.69, 9.17) is 27.9 Å². The highest BCUT2D eigenvalue weighted by molar-refractivity contribution is 6.34. The number of carboxylic acids is 1. The Balaban J connectivity index is 2.29. The molecule has 0 heterocycles. The van der Waals surface area contributed by atoms with Gasteiger partial charge in [-0.05, 0) is 18.2 Å². The van der Waals surface area contributed by atoms with Gasteiger partial charge in [-0.15, -0.1) is 0 Å². The lowest BCUT2D eigenvalue weighted by Crippen LogP contribution is -2.18. The van der Waals surface area contributed by atoms with Crippen LogP contribution in [0.5, 0.6) is 5.75 Å². The minimum absolute atomic E-state index is 0.314. The summed E-state index contributed by atoms with van der Waals surface area (Å²) in [6.45, 7) is 0. The highest BCUT2D eigenvalue weighted by atomic mass is 35.5. The summed E-state index contributed by atoms with van der Waals surface area (Å²) < 4.78 is 5.46. The number of benzene rings is 2. The number of carboxylic acid groups (broad SMARTS) is 1. The molecule has 0 aliphatic rings. The fraction of sp³-hybridized carbons (Fsp3) is 0.0714. The van der Waals surface area contributed by atoms with Crippen LogP contribution in [0.4, 0.5) is 0 Å². The van der Waals surface area contributed by atoms with Gasteiger partial charge in [0.05, 0.1) is 0 Å². The molecular formula is C14H10Cl2O3. The fourth-order valence-electron chi connectivity index (χ4n) is 1.62. The maximum atomic E-state index is 11.3. The second-order valence-corrected chi connectivity index (χ2v) is 4.72. The molecule has 2 aromatic rings. The van der Waals surface area contributed by atoms with E-state index in [1.54, 1.807) is 36.4 Å². The molecule has 5 heteroatoms. The van der Waals surface area contributed by atoms with Gasteiger partial charge < -0.3 is 9.84 Å². The van der Waals surface area contributed by atoms with Gasteiger partial charge in [0.25, 0.3) is 0 Å². The topological polar surface area (TPSA) is 46.5 Å². The smallest absolute Gasteiger partial charge is 0.349 e. The molecule has 0 aliphatic heterocycles. The SMILES string of the molecule is O=C(O)[C@H](Oc1cc(Cl)cc(Cl)c1)c1ccccc1. The van der Waals surface area contributed by atoms with Crippen molar-refractivity contribution in [2.45, 2.75) is 6.10 Å². The van der Waals surface area contributed by atoms with Crippen molar-refractivity contribution in [3.8, 4) is 5.75 Å². The maximum Gasteiger partial charge on any atom is 0.349 e. The van der Waals surface area contributed by atoms with Gasteiger partial charge in [-0.1, -0.05) is 53.5 Å². The Morgan fingerprint density at radius 3 is 2.16 bits per heavy atom. The number of carbonyl (C=O) groups is 1. The first kappa shape index (κ1) is 13.7. The Hall–Kier alpha value is -1.71. The lowest BCUT2D eigenvalue weighted by molar-refractivity contribution is -0.145. The van der Waals surface area contributed by atoms with Crippen molar-refractivity contribution in [2.24, 2.45) is 0 Å². The quantitative estimate of drug-likeness (QED) is 0.920. The van der Waals surface area contributed by atoms with Crippen molar-refractivity contribution in [3.05, 3.63) is 64.1 Å². The van der Waals surface area contributed by atoms with Crippen LogP contribution in [-0.4, -0.2) is 11.1 Å². The number of halogens is 2. The molecular weight excluding hydrogens is 287 g/mol. The molecule has 0 amide bonds. The molecule has 0 saturated heterocycles. The zero-order chi connectivity index (χ0) is 13.8. The third-order valence-electron chi connectivity index (χ3n) is 2.42. The molecule has 1 atom stereocenters. The average molecular weight is 297 g/mol. The molecule has 0 spiro atoms. The van der Waals surface area contributed by atoms with Crippen molar-refractivity contribution < 1.29 is 14.6 Å². The highest BCUT2D eigenvalue weighted by Gasteiger charge is 2.21. The Kier molecular flexibility index (Phi) is 4.30. The van der Waals surface area contributed by atoms with E-state index in [9.17, 15) is 9.90 Å². The van der Waals surface area contributed by atoms with Crippen LogP contribution in [0.3, 0.4) is 0 Å². The van der Waals surface area contributed by atoms with E-state index in [0.29, 0.717) is 21.4 Å². The van der Waals surface area contributed by atoms with Crippen LogP contribution >= 0.6 is 23.2 Å². The molecule has 0 fully saturated rings. The van der Waals surface area contributed by atoms with Crippen molar-refractivity contribution >= 4 is 29.2 Å². The van der Waals surface area contributed by atoms with Crippen LogP contribution in [0.15, 0.2) is 48.5 Å². The maximum absolute atomic E-state index is 11.3. The minimum Gasteiger partial charge on any atom is -0.478 e. The molecule has 3 nitrogen and oxygen atoms in total. The summed E-state index contributed by atoms with van der Waals surface area (Å²) in [6, 6.07) is 13.3. The molecule has 2 aromatic carbocycles. The van der Waals surface area contributed by atoms with Crippen molar-refractivity contribution in [3.63, 3.8) is 0 Å². The first-order valence-electron chi connectivity index (χ1n) is 5.47. The van der Waals surface area contributed by atoms with Gasteiger partial charge in [-0.25, -0.2) is 4.79 Å². The molecule has 0 aromatic heterocycles. The largest absolute Gasteiger partial charge is 0.478 e. The number of hydrogen-bond donors (Lipinski definition) is 1. The van der Waals surface area contributed by atoms with Crippen LogP contribution < -0.4 is 4.74 Å². The van der Waals surface area contributed by atoms with Gasteiger partial charge in [0.1, 0.15) is 5.75 Å². The Labute approximate surface area is 120 Å². The van der Waals surface area contributed by atoms with Gasteiger partial charge in [-0.2, -0.15) is 0 Å². The number of hydrogen-bond acceptors (Lipinski definition) is 2. The van der Waals surface area contributed by atoms with Gasteiger partial charge in [0.2, 0.25) is 6.10 Å². The molecule has 0 unspecified atom stereocenters. The van der Waals surface area contributed by atoms with E-state index in [-0.39, 0.29) is 0 Å². The van der Waals surface area contributed by atoms with Crippen molar-refractivity contribution in [1.29, 1.82) is 0 Å². The van der Waals surface area contributed by atoms with Gasteiger partial charge in [0.15, 0.2) is 0 Å². The standard InChI is InChI=1S/C14H10Cl2O3/c15-10-6-11(16)8-12(7-10)19-13(14(17)18)9-4-2-1-3-5-9/h1-8,13H,(H,17,18)/t13-/m1/s1. The Bertz CT molecular complexity index is 564. The Morgan fingerprint density at radius 2 is 1.63 bits per heavy atom. The van der Waals surface area contributed by atoms with E-state index in [1.807, 2.05) is 0 Å². The van der Waals surface area contributed by atoms with Crippen LogP contribution in [0.25, 0.3) is 0 Å². The summed E-state index contributed by atoms with van der Waals surface area (Å²) in [5.74, 6) is -0.768. The van der Waals surface area contributed by atoms with Gasteiger partial charge in [0, 0.05) is 15.6 Å². The third kappa shape index (κ3) is 3.63. The zero-order valence-corrected chi connectivity index (χ0v) is 11.2. The fourth-order valence-corrected chi connectivity index (χ4v) is 2.13. The summed E-state index contributed by atoms with van der Waals surface area (Å²) in [7, 11) is 0. The van der Waals surface area contributed by atoms with Gasteiger partial charge >= 0.3 is 5.97 Å². The first-order chi connectivity index (χ1) is 9.06. The van der Waals surface area contributed by atoms with E-state index >= 15 is 0 Å². The van der Waals surface area contributed by atoms with Crippen LogP contribution in [0.1, 0.15) is 11.7 Å². The lowest BCUT2D eigenvalue weighted by Gasteiger charge is -2.15. The molecule has 0 aliphatic carbocycles. The second-order valence-electron chi connectivity index (χ2n) is 3.85. The number of ether oxygens (including phenoxy) is 1. The molecule has 0 bridgehead atoms. The molecule has 1 N–H and O–H groups in total. The zero-order valence-electron chi connectivity index (χ0n) is 9.72. The number of rotatable bonds is 4. The normalized spacial score (nSPS) is 11.9. The van der Waals surface area contributed by atoms with E-state index in [1.165, 1.54) is 12.1 Å². The second kappa shape index (κ2) is 5.95. The van der Waals surface area contributed by atoms with Crippen molar-refractivity contribution in [1.82, 2.24) is 0 Å². The average Bonchev–Trinajstić information content (AvgIpc) is 2.35. The predicted octanol–water partition coefficient (Wildman–Crippen LogP) is 4.20. The van der Waals surface area contributed by atoms with Crippen molar-refractivity contribution in [2.75, 3.05) is 0 Å². The van der Waals surface area contributed by atoms with Gasteiger partial charge in [-0.3, -0.25) is 0 Å². The van der Waals surface area contributed by atoms with Crippen LogP contribution in [0, 0.1) is 0 Å². The van der Waals surface area contributed by atoms with E-state index < -0.39 is 12.1 Å². The minimum atomic E-state index is -1.10. The lowest BCUT2D eigenvalue weighted by atomic mass is 10.1. The molecule has 0 saturated carbocycles. The van der Waals surface area contributed by atoms with E-state index in [0.717, 1.165) is 0 Å². The summed E-state index contributed by atoms with van der Waals surface area (Å²) in [6.07, 6.45) is -1.10. The van der Waals surface area contributed by atoms with Crippen LogP contribution in [0.2, 0.25) is 10.0 Å². The number of aliphatic carboxylic acids is 1. The predicted molar refractivity (Wildman–Crippen MR) is 73.9 cm³/mol. The summed E-state index contributed by atoms with van der Waals surface area (Å²) in [5, 5.41) is 10.0. The monoisotopic (exact) mass is 296 g/mol. The first-order valence-corrected chi connectivity index (χ1v) is 6.22.